The fourth-order valence-electron chi connectivity index (χ4n) is 2.92. The third-order valence-corrected chi connectivity index (χ3v) is 4.11. The minimum Gasteiger partial charge on any atom is -0.468 e. The zero-order valence-electron chi connectivity index (χ0n) is 11.2. The lowest BCUT2D eigenvalue weighted by Crippen LogP contribution is -2.57. The number of likely N-dealkylation sites (N-methyl/N-ethyl adjacent to an activating group) is 1. The first-order chi connectivity index (χ1) is 8.17. The molecule has 0 aromatic carbocycles. The van der Waals surface area contributed by atoms with E-state index >= 15 is 0 Å². The Kier molecular flexibility index (Phi) is 4.05. The normalized spacial score (nSPS) is 29.0. The Bertz CT molecular complexity index is 279. The summed E-state index contributed by atoms with van der Waals surface area (Å²) in [5.41, 5.74) is 0. The first-order valence-electron chi connectivity index (χ1n) is 6.73. The molecule has 2 fully saturated rings. The van der Waals surface area contributed by atoms with Crippen molar-refractivity contribution in [2.24, 2.45) is 5.92 Å². The van der Waals surface area contributed by atoms with Crippen LogP contribution in [-0.2, 0) is 9.53 Å². The van der Waals surface area contributed by atoms with Crippen LogP contribution in [0.3, 0.4) is 0 Å². The molecule has 17 heavy (non-hydrogen) atoms. The molecule has 1 saturated carbocycles. The van der Waals surface area contributed by atoms with E-state index in [-0.39, 0.29) is 12.0 Å². The number of nitrogens with zero attached hydrogens (tertiary/aromatic N) is 2. The van der Waals surface area contributed by atoms with E-state index in [9.17, 15) is 4.79 Å². The molecule has 2 rings (SSSR count). The van der Waals surface area contributed by atoms with Crippen LogP contribution in [0.1, 0.15) is 26.7 Å². The second kappa shape index (κ2) is 5.36. The van der Waals surface area contributed by atoms with Gasteiger partial charge in [0.1, 0.15) is 6.04 Å². The maximum atomic E-state index is 11.9. The number of methoxy groups -OCH3 is 1. The van der Waals surface area contributed by atoms with Crippen molar-refractivity contribution in [2.75, 3.05) is 33.3 Å². The van der Waals surface area contributed by atoms with Gasteiger partial charge in [-0.1, -0.05) is 6.92 Å². The summed E-state index contributed by atoms with van der Waals surface area (Å²) in [5.74, 6) is 0.507. The summed E-state index contributed by atoms with van der Waals surface area (Å²) in [6, 6.07) is 0.557. The standard InChI is InChI=1S/C13H24N2O2/c1-4-14-7-8-15(9-10(14)2)12(11-5-6-11)13(16)17-3/h10-12H,4-9H2,1-3H3. The molecule has 0 spiro atoms. The Morgan fingerprint density at radius 1 is 1.41 bits per heavy atom. The number of hydrogen-bond acceptors (Lipinski definition) is 4. The van der Waals surface area contributed by atoms with Crippen molar-refractivity contribution in [1.82, 2.24) is 9.80 Å². The second-order valence-electron chi connectivity index (χ2n) is 5.28. The zero-order chi connectivity index (χ0) is 12.4. The van der Waals surface area contributed by atoms with Crippen molar-refractivity contribution in [2.45, 2.75) is 38.8 Å². The van der Waals surface area contributed by atoms with Crippen molar-refractivity contribution in [3.05, 3.63) is 0 Å². The Hall–Kier alpha value is -0.610. The van der Waals surface area contributed by atoms with Gasteiger partial charge in [-0.2, -0.15) is 0 Å². The van der Waals surface area contributed by atoms with Crippen molar-refractivity contribution in [3.63, 3.8) is 0 Å². The van der Waals surface area contributed by atoms with Gasteiger partial charge >= 0.3 is 5.97 Å². The molecular weight excluding hydrogens is 216 g/mol. The van der Waals surface area contributed by atoms with Crippen molar-refractivity contribution < 1.29 is 9.53 Å². The maximum Gasteiger partial charge on any atom is 0.323 e. The molecule has 0 aromatic heterocycles. The average Bonchev–Trinajstić information content (AvgIpc) is 3.14. The summed E-state index contributed by atoms with van der Waals surface area (Å²) < 4.78 is 4.96. The number of carbonyl (C=O) groups excluding carboxylic acids is 1. The zero-order valence-corrected chi connectivity index (χ0v) is 11.2. The monoisotopic (exact) mass is 240 g/mol. The predicted molar refractivity (Wildman–Crippen MR) is 66.8 cm³/mol. The van der Waals surface area contributed by atoms with Crippen LogP contribution in [0.4, 0.5) is 0 Å². The van der Waals surface area contributed by atoms with Gasteiger partial charge in [0.05, 0.1) is 7.11 Å². The van der Waals surface area contributed by atoms with Gasteiger partial charge in [-0.15, -0.1) is 0 Å². The number of piperazine rings is 1. The first kappa shape index (κ1) is 12.8. The fourth-order valence-corrected chi connectivity index (χ4v) is 2.92. The molecule has 2 aliphatic rings. The van der Waals surface area contributed by atoms with Crippen molar-refractivity contribution in [3.8, 4) is 0 Å². The van der Waals surface area contributed by atoms with Gasteiger partial charge in [0.25, 0.3) is 0 Å². The molecule has 0 bridgehead atoms. The summed E-state index contributed by atoms with van der Waals surface area (Å²) in [6.07, 6.45) is 2.37. The minimum absolute atomic E-state index is 0.0152. The number of rotatable bonds is 4. The highest BCUT2D eigenvalue weighted by molar-refractivity contribution is 5.76. The van der Waals surface area contributed by atoms with Gasteiger partial charge in [-0.25, -0.2) is 0 Å². The highest BCUT2D eigenvalue weighted by atomic mass is 16.5. The van der Waals surface area contributed by atoms with Gasteiger partial charge in [0, 0.05) is 25.7 Å². The molecular formula is C13H24N2O2. The summed E-state index contributed by atoms with van der Waals surface area (Å²) in [6.45, 7) is 8.60. The molecule has 0 aromatic rings. The van der Waals surface area contributed by atoms with E-state index in [1.165, 1.54) is 20.0 Å². The molecule has 4 nitrogen and oxygen atoms in total. The highest BCUT2D eigenvalue weighted by Gasteiger charge is 2.42. The molecule has 4 heteroatoms. The molecule has 2 unspecified atom stereocenters. The Morgan fingerprint density at radius 3 is 2.59 bits per heavy atom. The Labute approximate surface area is 104 Å². The lowest BCUT2D eigenvalue weighted by molar-refractivity contribution is -0.149. The van der Waals surface area contributed by atoms with Crippen molar-refractivity contribution >= 4 is 5.97 Å². The van der Waals surface area contributed by atoms with Gasteiger partial charge in [0.15, 0.2) is 0 Å². The smallest absolute Gasteiger partial charge is 0.323 e. The quantitative estimate of drug-likeness (QED) is 0.685. The maximum absolute atomic E-state index is 11.9. The molecule has 1 aliphatic heterocycles. The molecule has 0 amide bonds. The summed E-state index contributed by atoms with van der Waals surface area (Å²) >= 11 is 0. The van der Waals surface area contributed by atoms with E-state index < -0.39 is 0 Å². The van der Waals surface area contributed by atoms with Crippen LogP contribution in [0.5, 0.6) is 0 Å². The van der Waals surface area contributed by atoms with Gasteiger partial charge in [-0.3, -0.25) is 14.6 Å². The highest BCUT2D eigenvalue weighted by Crippen LogP contribution is 2.36. The van der Waals surface area contributed by atoms with Crippen LogP contribution in [0, 0.1) is 5.92 Å². The predicted octanol–water partition coefficient (Wildman–Crippen LogP) is 0.964. The topological polar surface area (TPSA) is 32.8 Å². The number of esters is 1. The van der Waals surface area contributed by atoms with Crippen LogP contribution < -0.4 is 0 Å². The lowest BCUT2D eigenvalue weighted by Gasteiger charge is -2.42. The Balaban J connectivity index is 1.98. The van der Waals surface area contributed by atoms with E-state index in [2.05, 4.69) is 23.6 Å². The van der Waals surface area contributed by atoms with Gasteiger partial charge in [0.2, 0.25) is 0 Å². The first-order valence-corrected chi connectivity index (χ1v) is 6.73. The van der Waals surface area contributed by atoms with Gasteiger partial charge in [-0.05, 0) is 32.2 Å². The largest absolute Gasteiger partial charge is 0.468 e. The molecule has 1 heterocycles. The SMILES string of the molecule is CCN1CCN(C(C(=O)OC)C2CC2)CC1C. The third kappa shape index (κ3) is 2.80. The summed E-state index contributed by atoms with van der Waals surface area (Å²) in [7, 11) is 1.50. The minimum atomic E-state index is -0.0374. The van der Waals surface area contributed by atoms with Crippen molar-refractivity contribution in [1.29, 1.82) is 0 Å². The number of ether oxygens (including phenoxy) is 1. The Morgan fingerprint density at radius 2 is 2.12 bits per heavy atom. The van der Waals surface area contributed by atoms with E-state index in [1.807, 2.05) is 0 Å². The third-order valence-electron chi connectivity index (χ3n) is 4.11. The molecule has 1 aliphatic carbocycles. The fraction of sp³-hybridized carbons (Fsp3) is 0.923. The molecule has 0 N–H and O–H groups in total. The second-order valence-corrected chi connectivity index (χ2v) is 5.28. The number of carbonyl (C=O) groups is 1. The molecule has 98 valence electrons. The van der Waals surface area contributed by atoms with Crippen LogP contribution in [0.25, 0.3) is 0 Å². The van der Waals surface area contributed by atoms with E-state index in [4.69, 9.17) is 4.74 Å². The average molecular weight is 240 g/mol. The van der Waals surface area contributed by atoms with Crippen LogP contribution in [0.2, 0.25) is 0 Å². The van der Waals surface area contributed by atoms with Gasteiger partial charge < -0.3 is 4.74 Å². The molecule has 0 radical (unpaired) electrons. The van der Waals surface area contributed by atoms with Crippen LogP contribution in [-0.4, -0.2) is 61.1 Å². The number of hydrogen-bond donors (Lipinski definition) is 0. The molecule has 2 atom stereocenters. The van der Waals surface area contributed by atoms with E-state index in [1.54, 1.807) is 0 Å². The van der Waals surface area contributed by atoms with E-state index in [0.717, 1.165) is 26.2 Å². The molecule has 1 saturated heterocycles. The summed E-state index contributed by atoms with van der Waals surface area (Å²) in [5, 5.41) is 0. The van der Waals surface area contributed by atoms with Crippen LogP contribution in [0.15, 0.2) is 0 Å². The lowest BCUT2D eigenvalue weighted by atomic mass is 10.1. The van der Waals surface area contributed by atoms with Crippen LogP contribution >= 0.6 is 0 Å². The summed E-state index contributed by atoms with van der Waals surface area (Å²) in [4.78, 5) is 16.7. The van der Waals surface area contributed by atoms with E-state index in [0.29, 0.717) is 12.0 Å².